The summed E-state index contributed by atoms with van der Waals surface area (Å²) in [6, 6.07) is 18.1. The zero-order chi connectivity index (χ0) is 69.1. The Labute approximate surface area is 586 Å². The molecule has 0 bridgehead atoms. The van der Waals surface area contributed by atoms with Gasteiger partial charge in [-0.05, 0) is 131 Å². The van der Waals surface area contributed by atoms with Crippen LogP contribution in [-0.2, 0) is 64.6 Å². The number of hydrogen-bond donors (Lipinski definition) is 6. The lowest BCUT2D eigenvalue weighted by Crippen LogP contribution is -2.55. The fourth-order valence-electron chi connectivity index (χ4n) is 10.4. The minimum atomic E-state index is -3.89. The Morgan fingerprint density at radius 1 is 0.464 bits per heavy atom. The van der Waals surface area contributed by atoms with Gasteiger partial charge in [0.1, 0.15) is 35.6 Å². The van der Waals surface area contributed by atoms with Gasteiger partial charge in [-0.3, -0.25) is 28.4 Å². The van der Waals surface area contributed by atoms with E-state index >= 15 is 0 Å². The molecule has 3 fully saturated rings. The minimum absolute atomic E-state index is 0. The fraction of sp³-hybridized carbons (Fsp3) is 0.311. The van der Waals surface area contributed by atoms with Crippen LogP contribution in [0.5, 0.6) is 0 Å². The number of halogens is 6. The first-order chi connectivity index (χ1) is 45.5. The predicted octanol–water partition coefficient (Wildman–Crippen LogP) is 11.6. The summed E-state index contributed by atoms with van der Waals surface area (Å²) in [6.07, 6.45) is 11.8. The highest BCUT2D eigenvalue weighted by Crippen LogP contribution is 2.40. The summed E-state index contributed by atoms with van der Waals surface area (Å²) in [4.78, 5) is 44.0. The minimum Gasteiger partial charge on any atom is -0.325 e. The standard InChI is InChI=1S/3C20H21ClFN5O3S2.CH4/c3*1-3-27-11-12(10-23-27)18-6-7-19(31-18)16-9-17(26(2)32(29,30)25-16)20(28)24-13-4-5-15(22)14(21)8-13;/h3*4-8,10-11,16-17,25H,3,9H2,1-2H3,(H,24,28);1H4/t2*16-,17+;;/m10../s1. The molecule has 12 rings (SSSR count). The third-order valence-electron chi connectivity index (χ3n) is 15.8. The molecule has 3 aromatic carbocycles. The number of carbonyl (C=O) groups is 3. The Morgan fingerprint density at radius 3 is 0.948 bits per heavy atom. The monoisotopic (exact) mass is 1510 g/mol. The molecule has 9 heterocycles. The maximum Gasteiger partial charge on any atom is 0.280 e. The molecule has 0 aliphatic carbocycles. The van der Waals surface area contributed by atoms with Gasteiger partial charge in [-0.15, -0.1) is 34.0 Å². The Bertz CT molecular complexity index is 4240. The molecule has 9 aromatic rings. The summed E-state index contributed by atoms with van der Waals surface area (Å²) in [5, 5.41) is 20.3. The van der Waals surface area contributed by atoms with Crippen molar-refractivity contribution in [1.82, 2.24) is 56.4 Å². The van der Waals surface area contributed by atoms with Crippen molar-refractivity contribution in [3.63, 3.8) is 0 Å². The number of anilines is 3. The third-order valence-corrected chi connectivity index (χ3v) is 25.2. The number of hydrogen-bond acceptors (Lipinski definition) is 15. The van der Waals surface area contributed by atoms with E-state index in [9.17, 15) is 52.8 Å². The van der Waals surface area contributed by atoms with Crippen LogP contribution < -0.4 is 30.1 Å². The molecule has 6 N–H and O–H groups in total. The molecule has 36 heteroatoms. The quantitative estimate of drug-likeness (QED) is 0.0559. The fourth-order valence-corrected chi connectivity index (χ4v) is 18.1. The van der Waals surface area contributed by atoms with E-state index in [0.29, 0.717) is 0 Å². The zero-order valence-corrected chi connectivity index (χ0v) is 58.9. The topological polar surface area (TPSA) is 289 Å². The van der Waals surface area contributed by atoms with Crippen molar-refractivity contribution in [2.45, 2.75) is 103 Å². The first kappa shape index (κ1) is 74.3. The van der Waals surface area contributed by atoms with Crippen LogP contribution in [0, 0.1) is 17.5 Å². The molecule has 518 valence electrons. The van der Waals surface area contributed by atoms with Crippen LogP contribution in [0.3, 0.4) is 0 Å². The lowest BCUT2D eigenvalue weighted by molar-refractivity contribution is -0.120. The Hall–Kier alpha value is -6.93. The van der Waals surface area contributed by atoms with Gasteiger partial charge in [-0.2, -0.15) is 67.6 Å². The lowest BCUT2D eigenvalue weighted by atomic mass is 10.1. The van der Waals surface area contributed by atoms with Gasteiger partial charge >= 0.3 is 0 Å². The number of aryl methyl sites for hydroxylation is 3. The van der Waals surface area contributed by atoms with Gasteiger partial charge in [0, 0.05) is 122 Å². The first-order valence-corrected chi connectivity index (χ1v) is 37.3. The van der Waals surface area contributed by atoms with Crippen molar-refractivity contribution in [2.75, 3.05) is 37.1 Å². The van der Waals surface area contributed by atoms with E-state index < -0.39 is 102 Å². The van der Waals surface area contributed by atoms with E-state index in [1.165, 1.54) is 91.6 Å². The second kappa shape index (κ2) is 31.1. The van der Waals surface area contributed by atoms with Crippen LogP contribution in [0.4, 0.5) is 30.2 Å². The summed E-state index contributed by atoms with van der Waals surface area (Å²) in [6.45, 7) is 8.24. The van der Waals surface area contributed by atoms with Crippen LogP contribution in [0.15, 0.2) is 128 Å². The van der Waals surface area contributed by atoms with Crippen molar-refractivity contribution in [3.05, 3.63) is 175 Å². The Morgan fingerprint density at radius 2 is 0.722 bits per heavy atom. The first-order valence-electron chi connectivity index (χ1n) is 29.4. The molecule has 3 aliphatic rings. The van der Waals surface area contributed by atoms with E-state index in [0.717, 1.165) is 96.7 Å². The molecule has 0 saturated carbocycles. The molecule has 6 atom stereocenters. The largest absolute Gasteiger partial charge is 0.325 e. The zero-order valence-electron chi connectivity index (χ0n) is 51.7. The maximum absolute atomic E-state index is 13.4. The number of nitrogens with zero attached hydrogens (tertiary/aromatic N) is 9. The summed E-state index contributed by atoms with van der Waals surface area (Å²) in [7, 11) is -7.63. The van der Waals surface area contributed by atoms with Crippen LogP contribution in [0.2, 0.25) is 15.1 Å². The van der Waals surface area contributed by atoms with Gasteiger partial charge in [-0.1, -0.05) is 42.2 Å². The lowest BCUT2D eigenvalue weighted by Gasteiger charge is -2.35. The van der Waals surface area contributed by atoms with Crippen molar-refractivity contribution in [3.8, 4) is 31.3 Å². The average Bonchev–Trinajstić information content (AvgIpc) is 1.57. The average molecular weight is 1510 g/mol. The summed E-state index contributed by atoms with van der Waals surface area (Å²) < 4.78 is 133. The third kappa shape index (κ3) is 17.4. The summed E-state index contributed by atoms with van der Waals surface area (Å²) in [5.41, 5.74) is 3.69. The maximum atomic E-state index is 13.4. The number of thiophene rings is 3. The molecular formula is C61H67Cl3F3N15O9S6. The molecule has 0 radical (unpaired) electrons. The number of nitrogens with one attached hydrogen (secondary N) is 6. The van der Waals surface area contributed by atoms with Crippen LogP contribution in [0.25, 0.3) is 31.3 Å². The SMILES string of the molecule is C.CCn1cc(-c2ccc(C3CC(C(=O)Nc4ccc(F)c(Cl)c4)N(C)S(=O)(=O)N3)s2)cn1.CCn1cc(-c2ccc([C@@H]3C[C@H](C(=O)Nc4ccc(F)c(Cl)c4)N(C)S(=O)(=O)N3)s2)cn1.CCn1cc(-c2ccc([C@H]3C[C@@H](C(=O)Nc4ccc(F)c(Cl)c4)N(C)S(=O)(=O)N3)s2)cn1. The molecule has 24 nitrogen and oxygen atoms in total. The second-order valence-electron chi connectivity index (χ2n) is 22.0. The van der Waals surface area contributed by atoms with E-state index in [1.54, 1.807) is 18.6 Å². The predicted molar refractivity (Wildman–Crippen MR) is 373 cm³/mol. The van der Waals surface area contributed by atoms with Crippen LogP contribution in [0.1, 0.15) is 80.2 Å². The van der Waals surface area contributed by atoms with E-state index in [1.807, 2.05) is 89.8 Å². The van der Waals surface area contributed by atoms with E-state index in [2.05, 4.69) is 45.4 Å². The summed E-state index contributed by atoms with van der Waals surface area (Å²) in [5.74, 6) is -3.39. The number of aromatic nitrogens is 6. The highest BCUT2D eigenvalue weighted by molar-refractivity contribution is 7.87. The molecule has 3 saturated heterocycles. The molecule has 2 unspecified atom stereocenters. The van der Waals surface area contributed by atoms with E-state index in [4.69, 9.17) is 34.8 Å². The smallest absolute Gasteiger partial charge is 0.280 e. The molecule has 6 aromatic heterocycles. The molecule has 3 aliphatic heterocycles. The van der Waals surface area contributed by atoms with Gasteiger partial charge in [0.25, 0.3) is 30.6 Å². The van der Waals surface area contributed by atoms with Gasteiger partial charge < -0.3 is 16.0 Å². The number of amides is 3. The van der Waals surface area contributed by atoms with Crippen molar-refractivity contribution < 1.29 is 52.8 Å². The van der Waals surface area contributed by atoms with Crippen molar-refractivity contribution >= 4 is 134 Å². The van der Waals surface area contributed by atoms with Crippen molar-refractivity contribution in [1.29, 1.82) is 0 Å². The number of carbonyl (C=O) groups excluding carboxylic acids is 3. The van der Waals surface area contributed by atoms with Gasteiger partial charge in [-0.25, -0.2) is 13.2 Å². The molecule has 0 spiro atoms. The highest BCUT2D eigenvalue weighted by atomic mass is 35.5. The van der Waals surface area contributed by atoms with Crippen LogP contribution in [-0.4, -0.2) is 125 Å². The van der Waals surface area contributed by atoms with Gasteiger partial charge in [0.15, 0.2) is 0 Å². The van der Waals surface area contributed by atoms with Crippen LogP contribution >= 0.6 is 68.8 Å². The normalized spacial score (nSPS) is 20.7. The second-order valence-corrected chi connectivity index (χ2v) is 31.9. The van der Waals surface area contributed by atoms with Crippen molar-refractivity contribution in [2.24, 2.45) is 0 Å². The number of rotatable bonds is 15. The Balaban J connectivity index is 0.000000170. The Kier molecular flexibility index (Phi) is 23.8. The molecule has 3 amide bonds. The molecule has 97 heavy (non-hydrogen) atoms. The number of likely N-dealkylation sites (N-methyl/N-ethyl adjacent to an activating group) is 3. The molecular weight excluding hydrogens is 1440 g/mol. The van der Waals surface area contributed by atoms with E-state index in [-0.39, 0.29) is 58.8 Å². The van der Waals surface area contributed by atoms with Gasteiger partial charge in [0.05, 0.1) is 51.8 Å². The highest BCUT2D eigenvalue weighted by Gasteiger charge is 2.44. The summed E-state index contributed by atoms with van der Waals surface area (Å²) >= 11 is 21.7. The van der Waals surface area contributed by atoms with Gasteiger partial charge in [0.2, 0.25) is 17.7 Å². The number of benzene rings is 3.